The normalized spacial score (nSPS) is 14.1. The third-order valence-electron chi connectivity index (χ3n) is 2.44. The Bertz CT molecular complexity index is 341. The lowest BCUT2D eigenvalue weighted by atomic mass is 10.0. The third kappa shape index (κ3) is 1.99. The summed E-state index contributed by atoms with van der Waals surface area (Å²) < 4.78 is 0. The summed E-state index contributed by atoms with van der Waals surface area (Å²) in [6, 6.07) is 7.84. The van der Waals surface area contributed by atoms with Crippen LogP contribution in [0.5, 0.6) is 0 Å². The Morgan fingerprint density at radius 2 is 1.93 bits per heavy atom. The molecule has 0 saturated carbocycles. The van der Waals surface area contributed by atoms with Crippen molar-refractivity contribution in [3.05, 3.63) is 35.4 Å². The molecule has 4 heteroatoms. The molecule has 1 aromatic rings. The zero-order chi connectivity index (χ0) is 9.26. The highest BCUT2D eigenvalue weighted by molar-refractivity contribution is 5.85. The number of benzene rings is 1. The smallest absolute Gasteiger partial charge is 0.315 e. The average Bonchev–Trinajstić information content (AvgIpc) is 2.17. The summed E-state index contributed by atoms with van der Waals surface area (Å²) >= 11 is 0. The van der Waals surface area contributed by atoms with Crippen LogP contribution >= 0.6 is 12.4 Å². The van der Waals surface area contributed by atoms with E-state index in [9.17, 15) is 4.79 Å². The summed E-state index contributed by atoms with van der Waals surface area (Å²) in [6.45, 7) is 1.40. The highest BCUT2D eigenvalue weighted by Crippen LogP contribution is 2.17. The van der Waals surface area contributed by atoms with Gasteiger partial charge in [-0.3, -0.25) is 0 Å². The van der Waals surface area contributed by atoms with E-state index in [1.807, 2.05) is 18.2 Å². The molecule has 2 amide bonds. The molecule has 0 aliphatic carbocycles. The minimum absolute atomic E-state index is 0. The lowest BCUT2D eigenvalue weighted by Gasteiger charge is -2.26. The van der Waals surface area contributed by atoms with Gasteiger partial charge in [-0.2, -0.15) is 0 Å². The molecule has 0 spiro atoms. The Kier molecular flexibility index (Phi) is 3.36. The molecule has 1 heterocycles. The van der Waals surface area contributed by atoms with Crippen molar-refractivity contribution < 1.29 is 4.79 Å². The van der Waals surface area contributed by atoms with Crippen LogP contribution in [0.3, 0.4) is 0 Å². The van der Waals surface area contributed by atoms with Gasteiger partial charge < -0.3 is 10.6 Å². The Morgan fingerprint density at radius 3 is 2.57 bits per heavy atom. The van der Waals surface area contributed by atoms with Crippen LogP contribution in [0.1, 0.15) is 11.1 Å². The fourth-order valence-corrected chi connectivity index (χ4v) is 1.68. The van der Waals surface area contributed by atoms with E-state index in [1.165, 1.54) is 11.1 Å². The Morgan fingerprint density at radius 1 is 1.29 bits per heavy atom. The van der Waals surface area contributed by atoms with E-state index < -0.39 is 0 Å². The molecule has 0 radical (unpaired) electrons. The highest BCUT2D eigenvalue weighted by atomic mass is 35.5. The lowest BCUT2D eigenvalue weighted by molar-refractivity contribution is 0.202. The monoisotopic (exact) mass is 212 g/mol. The molecule has 0 unspecified atom stereocenters. The van der Waals surface area contributed by atoms with E-state index in [0.29, 0.717) is 6.54 Å². The van der Waals surface area contributed by atoms with E-state index in [0.717, 1.165) is 13.0 Å². The maximum absolute atomic E-state index is 10.9. The van der Waals surface area contributed by atoms with Crippen molar-refractivity contribution in [1.29, 1.82) is 0 Å². The molecule has 0 atom stereocenters. The van der Waals surface area contributed by atoms with Crippen LogP contribution in [0.25, 0.3) is 0 Å². The van der Waals surface area contributed by atoms with Gasteiger partial charge >= 0.3 is 6.03 Å². The number of amides is 2. The lowest BCUT2D eigenvalue weighted by Crippen LogP contribution is -2.39. The van der Waals surface area contributed by atoms with Crippen LogP contribution < -0.4 is 5.73 Å². The van der Waals surface area contributed by atoms with Gasteiger partial charge in [0.1, 0.15) is 0 Å². The number of halogens is 1. The van der Waals surface area contributed by atoms with Crippen molar-refractivity contribution in [1.82, 2.24) is 4.90 Å². The summed E-state index contributed by atoms with van der Waals surface area (Å²) in [4.78, 5) is 12.6. The van der Waals surface area contributed by atoms with Crippen molar-refractivity contribution >= 4 is 18.4 Å². The second kappa shape index (κ2) is 4.33. The summed E-state index contributed by atoms with van der Waals surface area (Å²) in [5.41, 5.74) is 7.76. The number of rotatable bonds is 0. The number of carbonyl (C=O) groups is 1. The van der Waals surface area contributed by atoms with Gasteiger partial charge in [0.05, 0.1) is 0 Å². The third-order valence-corrected chi connectivity index (χ3v) is 2.44. The summed E-state index contributed by atoms with van der Waals surface area (Å²) in [5.74, 6) is 0. The Labute approximate surface area is 89.3 Å². The second-order valence-corrected chi connectivity index (χ2v) is 3.28. The standard InChI is InChI=1S/C10H12N2O.ClH/c11-10(13)12-6-5-8-3-1-2-4-9(8)7-12;/h1-4H,5-7H2,(H2,11,13);1H. The van der Waals surface area contributed by atoms with Crippen molar-refractivity contribution in [2.75, 3.05) is 6.54 Å². The van der Waals surface area contributed by atoms with Gasteiger partial charge in [0, 0.05) is 13.1 Å². The minimum atomic E-state index is -0.325. The van der Waals surface area contributed by atoms with Crippen LogP contribution in [0, 0.1) is 0 Å². The Hall–Kier alpha value is -1.22. The summed E-state index contributed by atoms with van der Waals surface area (Å²) in [5, 5.41) is 0. The van der Waals surface area contributed by atoms with Crippen LogP contribution in [0.15, 0.2) is 24.3 Å². The first-order chi connectivity index (χ1) is 6.27. The second-order valence-electron chi connectivity index (χ2n) is 3.28. The molecular formula is C10H13ClN2O. The quantitative estimate of drug-likeness (QED) is 0.697. The zero-order valence-corrected chi connectivity index (χ0v) is 8.59. The maximum atomic E-state index is 10.9. The van der Waals surface area contributed by atoms with Gasteiger partial charge in [0.15, 0.2) is 0 Å². The topological polar surface area (TPSA) is 46.3 Å². The molecule has 76 valence electrons. The number of nitrogens with two attached hydrogens (primary N) is 1. The van der Waals surface area contributed by atoms with Gasteiger partial charge in [0.2, 0.25) is 0 Å². The molecule has 0 saturated heterocycles. The molecule has 2 N–H and O–H groups in total. The van der Waals surface area contributed by atoms with E-state index >= 15 is 0 Å². The molecule has 1 aliphatic heterocycles. The number of carbonyl (C=O) groups excluding carboxylic acids is 1. The highest BCUT2D eigenvalue weighted by Gasteiger charge is 2.17. The van der Waals surface area contributed by atoms with Gasteiger partial charge in [-0.05, 0) is 17.5 Å². The molecule has 1 aromatic carbocycles. The molecule has 2 rings (SSSR count). The molecule has 3 nitrogen and oxygen atoms in total. The predicted molar refractivity (Wildman–Crippen MR) is 57.4 cm³/mol. The molecule has 0 aromatic heterocycles. The maximum Gasteiger partial charge on any atom is 0.315 e. The van der Waals surface area contributed by atoms with E-state index in [-0.39, 0.29) is 18.4 Å². The fourth-order valence-electron chi connectivity index (χ4n) is 1.68. The average molecular weight is 213 g/mol. The number of urea groups is 1. The number of fused-ring (bicyclic) bond motifs is 1. The Balaban J connectivity index is 0.000000980. The number of hydrogen-bond donors (Lipinski definition) is 1. The van der Waals surface area contributed by atoms with E-state index in [1.54, 1.807) is 4.90 Å². The van der Waals surface area contributed by atoms with Crippen molar-refractivity contribution in [3.63, 3.8) is 0 Å². The first-order valence-corrected chi connectivity index (χ1v) is 4.38. The zero-order valence-electron chi connectivity index (χ0n) is 7.77. The largest absolute Gasteiger partial charge is 0.351 e. The minimum Gasteiger partial charge on any atom is -0.351 e. The molecular weight excluding hydrogens is 200 g/mol. The van der Waals surface area contributed by atoms with Gasteiger partial charge in [0.25, 0.3) is 0 Å². The molecule has 0 bridgehead atoms. The first kappa shape index (κ1) is 10.9. The van der Waals surface area contributed by atoms with Crippen LogP contribution in [-0.4, -0.2) is 17.5 Å². The molecule has 0 fully saturated rings. The van der Waals surface area contributed by atoms with Crippen LogP contribution in [0.4, 0.5) is 4.79 Å². The number of nitrogens with zero attached hydrogens (tertiary/aromatic N) is 1. The fraction of sp³-hybridized carbons (Fsp3) is 0.300. The van der Waals surface area contributed by atoms with E-state index in [4.69, 9.17) is 5.73 Å². The SMILES string of the molecule is Cl.NC(=O)N1CCc2ccccc2C1. The summed E-state index contributed by atoms with van der Waals surface area (Å²) in [7, 11) is 0. The number of primary amides is 1. The van der Waals surface area contributed by atoms with Crippen molar-refractivity contribution in [3.8, 4) is 0 Å². The van der Waals surface area contributed by atoms with E-state index in [2.05, 4.69) is 6.07 Å². The predicted octanol–water partition coefficient (Wildman–Crippen LogP) is 1.55. The summed E-state index contributed by atoms with van der Waals surface area (Å²) in [6.07, 6.45) is 0.916. The van der Waals surface area contributed by atoms with Crippen molar-refractivity contribution in [2.24, 2.45) is 5.73 Å². The molecule has 14 heavy (non-hydrogen) atoms. The number of hydrogen-bond acceptors (Lipinski definition) is 1. The molecule has 1 aliphatic rings. The van der Waals surface area contributed by atoms with Crippen molar-refractivity contribution in [2.45, 2.75) is 13.0 Å². The van der Waals surface area contributed by atoms with Crippen LogP contribution in [-0.2, 0) is 13.0 Å². The van der Waals surface area contributed by atoms with Gasteiger partial charge in [-0.25, -0.2) is 4.79 Å². The first-order valence-electron chi connectivity index (χ1n) is 4.38. The van der Waals surface area contributed by atoms with Gasteiger partial charge in [-0.1, -0.05) is 24.3 Å². The van der Waals surface area contributed by atoms with Crippen LogP contribution in [0.2, 0.25) is 0 Å². The van der Waals surface area contributed by atoms with Gasteiger partial charge in [-0.15, -0.1) is 12.4 Å².